The van der Waals surface area contributed by atoms with Crippen molar-refractivity contribution in [3.63, 3.8) is 0 Å². The van der Waals surface area contributed by atoms with Gasteiger partial charge in [-0.3, -0.25) is 9.59 Å². The molecule has 2 amide bonds. The molecule has 7 nitrogen and oxygen atoms in total. The molecule has 1 aliphatic rings. The van der Waals surface area contributed by atoms with Gasteiger partial charge in [0.2, 0.25) is 15.9 Å². The van der Waals surface area contributed by atoms with Crippen LogP contribution in [0.15, 0.2) is 53.4 Å². The Bertz CT molecular complexity index is 967. The van der Waals surface area contributed by atoms with E-state index in [2.05, 4.69) is 5.32 Å². The van der Waals surface area contributed by atoms with E-state index in [4.69, 9.17) is 11.6 Å². The average molecular weight is 422 g/mol. The van der Waals surface area contributed by atoms with Gasteiger partial charge in [-0.15, -0.1) is 0 Å². The van der Waals surface area contributed by atoms with Crippen molar-refractivity contribution in [3.05, 3.63) is 59.1 Å². The Hall–Kier alpha value is -2.42. The molecule has 0 unspecified atom stereocenters. The molecule has 148 valence electrons. The molecule has 1 fully saturated rings. The number of carbonyl (C=O) groups is 2. The van der Waals surface area contributed by atoms with E-state index in [9.17, 15) is 18.0 Å². The van der Waals surface area contributed by atoms with E-state index in [0.717, 1.165) is 0 Å². The molecule has 0 spiro atoms. The lowest BCUT2D eigenvalue weighted by Crippen LogP contribution is -2.49. The number of nitrogens with zero attached hydrogens (tertiary/aromatic N) is 2. The molecule has 0 bridgehead atoms. The summed E-state index contributed by atoms with van der Waals surface area (Å²) in [6.07, 6.45) is 0. The van der Waals surface area contributed by atoms with Crippen molar-refractivity contribution in [2.45, 2.75) is 11.8 Å². The normalized spacial score (nSPS) is 15.3. The number of amides is 2. The van der Waals surface area contributed by atoms with Crippen molar-refractivity contribution < 1.29 is 18.0 Å². The van der Waals surface area contributed by atoms with Crippen LogP contribution in [0.3, 0.4) is 0 Å². The van der Waals surface area contributed by atoms with Crippen LogP contribution in [0.1, 0.15) is 17.3 Å². The monoisotopic (exact) mass is 421 g/mol. The first-order chi connectivity index (χ1) is 13.3. The van der Waals surface area contributed by atoms with Crippen LogP contribution < -0.4 is 5.32 Å². The van der Waals surface area contributed by atoms with Crippen LogP contribution in [0.2, 0.25) is 5.02 Å². The SMILES string of the molecule is CC(=O)N1CCN(S(=O)(=O)c2ccc(C(=O)Nc3ccc(Cl)cc3)cc2)CC1. The van der Waals surface area contributed by atoms with Crippen LogP contribution in [0.4, 0.5) is 5.69 Å². The van der Waals surface area contributed by atoms with E-state index in [1.165, 1.54) is 35.5 Å². The number of sulfonamides is 1. The maximum Gasteiger partial charge on any atom is 0.255 e. The summed E-state index contributed by atoms with van der Waals surface area (Å²) in [6.45, 7) is 2.71. The first kappa shape index (κ1) is 20.3. The molecule has 1 heterocycles. The number of hydrogen-bond donors (Lipinski definition) is 1. The van der Waals surface area contributed by atoms with E-state index in [-0.39, 0.29) is 29.8 Å². The first-order valence-corrected chi connectivity index (χ1v) is 10.5. The van der Waals surface area contributed by atoms with Crippen LogP contribution in [0.25, 0.3) is 0 Å². The largest absolute Gasteiger partial charge is 0.340 e. The van der Waals surface area contributed by atoms with Crippen LogP contribution >= 0.6 is 11.6 Å². The minimum absolute atomic E-state index is 0.0619. The molecule has 0 aromatic heterocycles. The highest BCUT2D eigenvalue weighted by atomic mass is 35.5. The summed E-state index contributed by atoms with van der Waals surface area (Å²) >= 11 is 5.82. The fourth-order valence-corrected chi connectivity index (χ4v) is 4.46. The highest BCUT2D eigenvalue weighted by Gasteiger charge is 2.29. The Balaban J connectivity index is 1.68. The molecule has 2 aromatic carbocycles. The molecule has 1 saturated heterocycles. The zero-order valence-electron chi connectivity index (χ0n) is 15.3. The molecule has 0 saturated carbocycles. The van der Waals surface area contributed by atoms with Crippen molar-refractivity contribution in [1.82, 2.24) is 9.21 Å². The van der Waals surface area contributed by atoms with Gasteiger partial charge >= 0.3 is 0 Å². The van der Waals surface area contributed by atoms with Gasteiger partial charge in [-0.25, -0.2) is 8.42 Å². The summed E-state index contributed by atoms with van der Waals surface area (Å²) < 4.78 is 26.9. The second-order valence-electron chi connectivity index (χ2n) is 6.40. The number of rotatable bonds is 4. The Morgan fingerprint density at radius 3 is 2.04 bits per heavy atom. The van der Waals surface area contributed by atoms with Gasteiger partial charge in [0.1, 0.15) is 0 Å². The van der Waals surface area contributed by atoms with Gasteiger partial charge in [-0.1, -0.05) is 11.6 Å². The minimum atomic E-state index is -3.67. The third-order valence-corrected chi connectivity index (χ3v) is 6.71. The summed E-state index contributed by atoms with van der Waals surface area (Å²) in [5.41, 5.74) is 0.935. The van der Waals surface area contributed by atoms with Crippen LogP contribution in [-0.4, -0.2) is 55.6 Å². The fraction of sp³-hybridized carbons (Fsp3) is 0.263. The van der Waals surface area contributed by atoms with Crippen molar-refractivity contribution in [2.75, 3.05) is 31.5 Å². The van der Waals surface area contributed by atoms with Gasteiger partial charge in [0.15, 0.2) is 0 Å². The van der Waals surface area contributed by atoms with E-state index >= 15 is 0 Å². The zero-order valence-corrected chi connectivity index (χ0v) is 16.8. The Kier molecular flexibility index (Phi) is 6.02. The fourth-order valence-electron chi connectivity index (χ4n) is 2.91. The summed E-state index contributed by atoms with van der Waals surface area (Å²) in [6, 6.07) is 12.5. The van der Waals surface area contributed by atoms with E-state index < -0.39 is 10.0 Å². The smallest absolute Gasteiger partial charge is 0.255 e. The predicted molar refractivity (Wildman–Crippen MR) is 107 cm³/mol. The lowest BCUT2D eigenvalue weighted by atomic mass is 10.2. The Morgan fingerprint density at radius 2 is 1.50 bits per heavy atom. The molecule has 3 rings (SSSR count). The van der Waals surface area contributed by atoms with Gasteiger partial charge in [0.05, 0.1) is 4.90 Å². The maximum atomic E-state index is 12.8. The van der Waals surface area contributed by atoms with Gasteiger partial charge in [-0.2, -0.15) is 4.31 Å². The van der Waals surface area contributed by atoms with E-state index in [1.807, 2.05) is 0 Å². The van der Waals surface area contributed by atoms with Crippen molar-refractivity contribution in [3.8, 4) is 0 Å². The van der Waals surface area contributed by atoms with Gasteiger partial charge in [0.25, 0.3) is 5.91 Å². The molecule has 0 atom stereocenters. The number of benzene rings is 2. The molecule has 0 radical (unpaired) electrons. The van der Waals surface area contributed by atoms with Crippen molar-refractivity contribution in [2.24, 2.45) is 0 Å². The lowest BCUT2D eigenvalue weighted by Gasteiger charge is -2.33. The van der Waals surface area contributed by atoms with Crippen molar-refractivity contribution in [1.29, 1.82) is 0 Å². The second kappa shape index (κ2) is 8.30. The molecule has 0 aliphatic carbocycles. The zero-order chi connectivity index (χ0) is 20.3. The van der Waals surface area contributed by atoms with Gasteiger partial charge in [0, 0.05) is 49.4 Å². The molecule has 28 heavy (non-hydrogen) atoms. The first-order valence-electron chi connectivity index (χ1n) is 8.70. The highest BCUT2D eigenvalue weighted by Crippen LogP contribution is 2.19. The molecular formula is C19H20ClN3O4S. The molecule has 9 heteroatoms. The average Bonchev–Trinajstić information content (AvgIpc) is 2.70. The molecule has 1 N–H and O–H groups in total. The summed E-state index contributed by atoms with van der Waals surface area (Å²) in [7, 11) is -3.67. The number of carbonyl (C=O) groups excluding carboxylic acids is 2. The highest BCUT2D eigenvalue weighted by molar-refractivity contribution is 7.89. The van der Waals surface area contributed by atoms with Crippen LogP contribution in [0, 0.1) is 0 Å². The van der Waals surface area contributed by atoms with E-state index in [1.54, 1.807) is 29.2 Å². The Morgan fingerprint density at radius 1 is 0.929 bits per heavy atom. The molecule has 2 aromatic rings. The number of hydrogen-bond acceptors (Lipinski definition) is 4. The summed E-state index contributed by atoms with van der Waals surface area (Å²) in [5.74, 6) is -0.408. The number of piperazine rings is 1. The second-order valence-corrected chi connectivity index (χ2v) is 8.77. The van der Waals surface area contributed by atoms with E-state index in [0.29, 0.717) is 29.4 Å². The number of nitrogens with one attached hydrogen (secondary N) is 1. The molecule has 1 aliphatic heterocycles. The predicted octanol–water partition coefficient (Wildman–Crippen LogP) is 2.45. The lowest BCUT2D eigenvalue weighted by molar-refractivity contribution is -0.129. The summed E-state index contributed by atoms with van der Waals surface area (Å²) in [4.78, 5) is 25.4. The van der Waals surface area contributed by atoms with Gasteiger partial charge < -0.3 is 10.2 Å². The third kappa shape index (κ3) is 4.52. The molecular weight excluding hydrogens is 402 g/mol. The standard InChI is InChI=1S/C19H20ClN3O4S/c1-14(24)22-10-12-23(13-11-22)28(26,27)18-8-2-15(3-9-18)19(25)21-17-6-4-16(20)5-7-17/h2-9H,10-13H2,1H3,(H,21,25). The Labute approximate surface area is 168 Å². The van der Waals surface area contributed by atoms with Crippen LogP contribution in [0.5, 0.6) is 0 Å². The minimum Gasteiger partial charge on any atom is -0.340 e. The quantitative estimate of drug-likeness (QED) is 0.821. The van der Waals surface area contributed by atoms with Crippen LogP contribution in [-0.2, 0) is 14.8 Å². The number of halogens is 1. The maximum absolute atomic E-state index is 12.8. The third-order valence-electron chi connectivity index (χ3n) is 4.54. The summed E-state index contributed by atoms with van der Waals surface area (Å²) in [5, 5.41) is 3.29. The van der Waals surface area contributed by atoms with Crippen molar-refractivity contribution >= 4 is 39.1 Å². The number of anilines is 1. The topological polar surface area (TPSA) is 86.8 Å². The van der Waals surface area contributed by atoms with Gasteiger partial charge in [-0.05, 0) is 48.5 Å².